The summed E-state index contributed by atoms with van der Waals surface area (Å²) < 4.78 is 0. The Labute approximate surface area is 106 Å². The highest BCUT2D eigenvalue weighted by Gasteiger charge is 2.23. The zero-order valence-electron chi connectivity index (χ0n) is 10.2. The van der Waals surface area contributed by atoms with Crippen molar-refractivity contribution in [2.24, 2.45) is 9.98 Å². The maximum Gasteiger partial charge on any atom is 0.102 e. The van der Waals surface area contributed by atoms with Crippen LogP contribution in [0.1, 0.15) is 24.1 Å². The second kappa shape index (κ2) is 3.80. The van der Waals surface area contributed by atoms with E-state index in [0.29, 0.717) is 0 Å². The molecular formula is C15H15N3. The molecule has 0 saturated heterocycles. The summed E-state index contributed by atoms with van der Waals surface area (Å²) in [6.07, 6.45) is 3.29. The summed E-state index contributed by atoms with van der Waals surface area (Å²) >= 11 is 0. The highest BCUT2D eigenvalue weighted by atomic mass is 14.9. The predicted octanol–water partition coefficient (Wildman–Crippen LogP) is 2.75. The van der Waals surface area contributed by atoms with Gasteiger partial charge >= 0.3 is 0 Å². The fourth-order valence-corrected chi connectivity index (χ4v) is 2.99. The first kappa shape index (κ1) is 10.1. The average molecular weight is 237 g/mol. The van der Waals surface area contributed by atoms with Gasteiger partial charge in [-0.25, -0.2) is 0 Å². The third-order valence-electron chi connectivity index (χ3n) is 3.83. The van der Waals surface area contributed by atoms with E-state index < -0.39 is 0 Å². The van der Waals surface area contributed by atoms with Gasteiger partial charge in [0.25, 0.3) is 0 Å². The van der Waals surface area contributed by atoms with Crippen LogP contribution in [0, 0.1) is 0 Å². The van der Waals surface area contributed by atoms with Crippen LogP contribution in [0.3, 0.4) is 0 Å². The number of fused-ring (bicyclic) bond motifs is 3. The van der Waals surface area contributed by atoms with Gasteiger partial charge in [-0.2, -0.15) is 0 Å². The van der Waals surface area contributed by atoms with Crippen LogP contribution in [-0.4, -0.2) is 29.5 Å². The van der Waals surface area contributed by atoms with Crippen molar-refractivity contribution >= 4 is 22.3 Å². The SMILES string of the molecule is c1ccc2c3c([nH]c2c1)C(C1=NCCC1)=NCC3. The molecule has 1 N–H and O–H groups in total. The number of nitrogens with zero attached hydrogens (tertiary/aromatic N) is 2. The van der Waals surface area contributed by atoms with Crippen molar-refractivity contribution in [2.45, 2.75) is 19.3 Å². The lowest BCUT2D eigenvalue weighted by Gasteiger charge is -2.13. The number of para-hydroxylation sites is 1. The van der Waals surface area contributed by atoms with E-state index in [9.17, 15) is 0 Å². The molecule has 0 amide bonds. The number of benzene rings is 1. The maximum atomic E-state index is 4.70. The number of rotatable bonds is 1. The van der Waals surface area contributed by atoms with Crippen LogP contribution in [0.5, 0.6) is 0 Å². The second-order valence-corrected chi connectivity index (χ2v) is 4.94. The fraction of sp³-hybridized carbons (Fsp3) is 0.333. The van der Waals surface area contributed by atoms with E-state index in [-0.39, 0.29) is 0 Å². The molecule has 18 heavy (non-hydrogen) atoms. The molecule has 0 saturated carbocycles. The van der Waals surface area contributed by atoms with E-state index in [1.807, 2.05) is 0 Å². The summed E-state index contributed by atoms with van der Waals surface area (Å²) in [7, 11) is 0. The van der Waals surface area contributed by atoms with E-state index in [4.69, 9.17) is 4.99 Å². The summed E-state index contributed by atoms with van der Waals surface area (Å²) in [6.45, 7) is 1.85. The van der Waals surface area contributed by atoms with Gasteiger partial charge in [0, 0.05) is 24.0 Å². The van der Waals surface area contributed by atoms with Gasteiger partial charge in [0.1, 0.15) is 5.71 Å². The van der Waals surface area contributed by atoms with Gasteiger partial charge in [-0.05, 0) is 30.9 Å². The van der Waals surface area contributed by atoms with Crippen LogP contribution in [0.2, 0.25) is 0 Å². The lowest BCUT2D eigenvalue weighted by Crippen LogP contribution is -2.20. The number of aliphatic imine (C=N–C) groups is 2. The van der Waals surface area contributed by atoms with E-state index in [1.54, 1.807) is 0 Å². The number of hydrogen-bond acceptors (Lipinski definition) is 2. The molecule has 0 unspecified atom stereocenters. The van der Waals surface area contributed by atoms with Crippen LogP contribution in [-0.2, 0) is 6.42 Å². The molecular weight excluding hydrogens is 222 g/mol. The van der Waals surface area contributed by atoms with Gasteiger partial charge in [-0.3, -0.25) is 9.98 Å². The van der Waals surface area contributed by atoms with Gasteiger partial charge in [0.2, 0.25) is 0 Å². The molecule has 0 radical (unpaired) electrons. The van der Waals surface area contributed by atoms with Crippen molar-refractivity contribution in [3.63, 3.8) is 0 Å². The Balaban J connectivity index is 1.93. The Bertz CT molecular complexity index is 676. The highest BCUT2D eigenvalue weighted by molar-refractivity contribution is 6.49. The summed E-state index contributed by atoms with van der Waals surface area (Å²) in [5.41, 5.74) is 6.16. The standard InChI is InChI=1S/C15H15N3/c1-2-5-12-10(4-1)11-7-9-17-15(14(11)18-12)13-6-3-8-16-13/h1-2,4-5,18H,3,6-9H2. The van der Waals surface area contributed by atoms with Gasteiger partial charge < -0.3 is 4.98 Å². The van der Waals surface area contributed by atoms with Crippen LogP contribution < -0.4 is 0 Å². The predicted molar refractivity (Wildman–Crippen MR) is 74.9 cm³/mol. The monoisotopic (exact) mass is 237 g/mol. The molecule has 2 aliphatic heterocycles. The minimum Gasteiger partial charge on any atom is -0.353 e. The third kappa shape index (κ3) is 1.37. The third-order valence-corrected chi connectivity index (χ3v) is 3.83. The van der Waals surface area contributed by atoms with E-state index >= 15 is 0 Å². The first-order valence-corrected chi connectivity index (χ1v) is 6.61. The zero-order chi connectivity index (χ0) is 11.9. The first-order valence-electron chi connectivity index (χ1n) is 6.61. The molecule has 1 aromatic carbocycles. The zero-order valence-corrected chi connectivity index (χ0v) is 10.2. The number of aromatic nitrogens is 1. The summed E-state index contributed by atoms with van der Waals surface area (Å²) in [4.78, 5) is 12.8. The second-order valence-electron chi connectivity index (χ2n) is 4.94. The van der Waals surface area contributed by atoms with Crippen LogP contribution >= 0.6 is 0 Å². The van der Waals surface area contributed by atoms with Crippen LogP contribution in [0.15, 0.2) is 34.3 Å². The smallest absolute Gasteiger partial charge is 0.102 e. The van der Waals surface area contributed by atoms with Crippen molar-refractivity contribution in [2.75, 3.05) is 13.1 Å². The molecule has 2 aromatic rings. The summed E-state index contributed by atoms with van der Waals surface area (Å²) in [6, 6.07) is 8.52. The highest BCUT2D eigenvalue weighted by Crippen LogP contribution is 2.27. The van der Waals surface area contributed by atoms with Crippen molar-refractivity contribution in [3.05, 3.63) is 35.5 Å². The van der Waals surface area contributed by atoms with Crippen molar-refractivity contribution in [3.8, 4) is 0 Å². The van der Waals surface area contributed by atoms with E-state index in [0.717, 1.165) is 31.6 Å². The van der Waals surface area contributed by atoms with Crippen LogP contribution in [0.4, 0.5) is 0 Å². The number of H-pyrrole nitrogens is 1. The molecule has 4 rings (SSSR count). The normalized spacial score (nSPS) is 18.7. The summed E-state index contributed by atoms with van der Waals surface area (Å²) in [5.74, 6) is 0. The molecule has 0 spiro atoms. The Morgan fingerprint density at radius 1 is 1.00 bits per heavy atom. The molecule has 2 aliphatic rings. The average Bonchev–Trinajstić information content (AvgIpc) is 3.05. The molecule has 3 heterocycles. The van der Waals surface area contributed by atoms with Gasteiger partial charge in [-0.15, -0.1) is 0 Å². The van der Waals surface area contributed by atoms with Crippen molar-refractivity contribution < 1.29 is 0 Å². The topological polar surface area (TPSA) is 40.5 Å². The lowest BCUT2D eigenvalue weighted by atomic mass is 9.99. The molecule has 1 aromatic heterocycles. The number of aromatic amines is 1. The molecule has 90 valence electrons. The van der Waals surface area contributed by atoms with Crippen molar-refractivity contribution in [1.82, 2.24) is 4.98 Å². The Hall–Kier alpha value is -1.90. The minimum atomic E-state index is 0.892. The molecule has 3 nitrogen and oxygen atoms in total. The summed E-state index contributed by atoms with van der Waals surface area (Å²) in [5, 5.41) is 1.35. The van der Waals surface area contributed by atoms with E-state index in [2.05, 4.69) is 34.2 Å². The van der Waals surface area contributed by atoms with E-state index in [1.165, 1.54) is 34.3 Å². The number of hydrogen-bond donors (Lipinski definition) is 1. The molecule has 0 aliphatic carbocycles. The molecule has 3 heteroatoms. The molecule has 0 fully saturated rings. The minimum absolute atomic E-state index is 0.892. The first-order chi connectivity index (χ1) is 8.93. The molecule has 0 bridgehead atoms. The maximum absolute atomic E-state index is 4.70. The Kier molecular flexibility index (Phi) is 2.13. The fourth-order valence-electron chi connectivity index (χ4n) is 2.99. The Morgan fingerprint density at radius 3 is 2.83 bits per heavy atom. The number of nitrogens with one attached hydrogen (secondary N) is 1. The van der Waals surface area contributed by atoms with Gasteiger partial charge in [0.05, 0.1) is 11.4 Å². The van der Waals surface area contributed by atoms with Gasteiger partial charge in [-0.1, -0.05) is 18.2 Å². The lowest BCUT2D eigenvalue weighted by molar-refractivity contribution is 0.945. The quantitative estimate of drug-likeness (QED) is 0.792. The van der Waals surface area contributed by atoms with Crippen molar-refractivity contribution in [1.29, 1.82) is 0 Å². The van der Waals surface area contributed by atoms with Gasteiger partial charge in [0.15, 0.2) is 0 Å². The Morgan fingerprint density at radius 2 is 1.94 bits per heavy atom. The molecule has 0 atom stereocenters. The van der Waals surface area contributed by atoms with Crippen LogP contribution in [0.25, 0.3) is 10.9 Å². The largest absolute Gasteiger partial charge is 0.353 e.